The largest absolute Gasteiger partial charge is 0.400 e. The third-order valence-corrected chi connectivity index (χ3v) is 3.88. The maximum atomic E-state index is 11.0. The van der Waals surface area contributed by atoms with E-state index in [1.165, 1.54) is 0 Å². The summed E-state index contributed by atoms with van der Waals surface area (Å²) in [5.74, 6) is 0. The highest BCUT2D eigenvalue weighted by atomic mass is 32.3. The van der Waals surface area contributed by atoms with Gasteiger partial charge in [-0.2, -0.15) is 25.3 Å². The predicted molar refractivity (Wildman–Crippen MR) is 60.3 cm³/mol. The monoisotopic (exact) mass is 340 g/mol. The molecule has 19 heavy (non-hydrogen) atoms. The molecule has 0 aliphatic carbocycles. The molecule has 1 heterocycles. The maximum absolute atomic E-state index is 11.0. The van der Waals surface area contributed by atoms with E-state index >= 15 is 0 Å². The molecule has 0 spiro atoms. The second kappa shape index (κ2) is 5.59. The van der Waals surface area contributed by atoms with Crippen LogP contribution in [0.2, 0.25) is 0 Å². The fourth-order valence-electron chi connectivity index (χ4n) is 1.10. The van der Waals surface area contributed by atoms with E-state index in [9.17, 15) is 25.3 Å². The number of hydrogen-bond acceptors (Lipinski definition) is 10. The minimum Gasteiger partial charge on any atom is -0.267 e. The van der Waals surface area contributed by atoms with Crippen LogP contribution in [0.5, 0.6) is 0 Å². The van der Waals surface area contributed by atoms with E-state index in [0.717, 1.165) is 12.5 Å². The summed E-state index contributed by atoms with van der Waals surface area (Å²) in [6.07, 6.45) is -1.11. The summed E-state index contributed by atoms with van der Waals surface area (Å²) < 4.78 is 82.8. The second-order valence-electron chi connectivity index (χ2n) is 3.65. The molecule has 2 unspecified atom stereocenters. The number of hydrogen-bond donors (Lipinski definition) is 0. The summed E-state index contributed by atoms with van der Waals surface area (Å²) in [4.78, 5) is 0. The molecule has 0 saturated carbocycles. The van der Waals surface area contributed by atoms with E-state index in [4.69, 9.17) is 0 Å². The topological polar surface area (TPSA) is 139 Å². The lowest BCUT2D eigenvalue weighted by Crippen LogP contribution is -2.33. The van der Waals surface area contributed by atoms with Gasteiger partial charge in [-0.05, 0) is 0 Å². The molecule has 0 aromatic heterocycles. The van der Waals surface area contributed by atoms with Gasteiger partial charge in [0.2, 0.25) is 0 Å². The van der Waals surface area contributed by atoms with Gasteiger partial charge >= 0.3 is 10.4 Å². The third-order valence-electron chi connectivity index (χ3n) is 1.79. The van der Waals surface area contributed by atoms with E-state index in [2.05, 4.69) is 16.7 Å². The lowest BCUT2D eigenvalue weighted by molar-refractivity contribution is 0.0713. The van der Waals surface area contributed by atoms with Gasteiger partial charge in [0, 0.05) is 0 Å². The van der Waals surface area contributed by atoms with E-state index in [0.29, 0.717) is 0 Å². The van der Waals surface area contributed by atoms with Gasteiger partial charge in [-0.25, -0.2) is 8.37 Å². The first-order chi connectivity index (χ1) is 8.38. The Labute approximate surface area is 111 Å². The molecule has 0 aromatic rings. The minimum atomic E-state index is -4.33. The molecule has 1 fully saturated rings. The van der Waals surface area contributed by atoms with Gasteiger partial charge in [-0.3, -0.25) is 8.37 Å². The maximum Gasteiger partial charge on any atom is 0.400 e. The normalized spacial score (nSPS) is 27.5. The molecule has 2 atom stereocenters. The fraction of sp³-hybridized carbons (Fsp3) is 1.00. The molecule has 0 N–H and O–H groups in total. The van der Waals surface area contributed by atoms with Crippen LogP contribution >= 0.6 is 0 Å². The van der Waals surface area contributed by atoms with Crippen LogP contribution in [0, 0.1) is 0 Å². The lowest BCUT2D eigenvalue weighted by Gasteiger charge is -2.13. The molecule has 0 aromatic carbocycles. The Morgan fingerprint density at radius 1 is 0.895 bits per heavy atom. The Morgan fingerprint density at radius 2 is 1.21 bits per heavy atom. The first-order valence-electron chi connectivity index (χ1n) is 4.68. The smallest absolute Gasteiger partial charge is 0.267 e. The standard InChI is InChI=1S/C6H12O10S3/c1-17(7,8)13-3-5-6(4-14-18(2,9)10)16-19(11,12)15-5/h5-6H,3-4H2,1-2H3. The van der Waals surface area contributed by atoms with E-state index < -0.39 is 56.1 Å². The fourth-order valence-corrected chi connectivity index (χ4v) is 2.87. The van der Waals surface area contributed by atoms with E-state index in [1.807, 2.05) is 0 Å². The van der Waals surface area contributed by atoms with Crippen molar-refractivity contribution >= 4 is 30.6 Å². The Hall–Kier alpha value is -0.310. The molecule has 0 radical (unpaired) electrons. The van der Waals surface area contributed by atoms with Crippen LogP contribution in [-0.2, 0) is 47.4 Å². The van der Waals surface area contributed by atoms with Crippen molar-refractivity contribution in [2.75, 3.05) is 25.7 Å². The SMILES string of the molecule is CS(=O)(=O)OCC1OS(=O)(=O)OC1COS(C)(=O)=O. The van der Waals surface area contributed by atoms with E-state index in [1.54, 1.807) is 0 Å². The summed E-state index contributed by atoms with van der Waals surface area (Å²) >= 11 is 0. The first-order valence-corrected chi connectivity index (χ1v) is 9.65. The van der Waals surface area contributed by atoms with Crippen molar-refractivity contribution in [3.63, 3.8) is 0 Å². The minimum absolute atomic E-state index is 0.643. The van der Waals surface area contributed by atoms with Crippen molar-refractivity contribution in [1.29, 1.82) is 0 Å². The molecule has 0 bridgehead atoms. The van der Waals surface area contributed by atoms with Gasteiger partial charge < -0.3 is 0 Å². The zero-order valence-electron chi connectivity index (χ0n) is 9.88. The van der Waals surface area contributed by atoms with Crippen molar-refractivity contribution in [2.45, 2.75) is 12.2 Å². The molecule has 1 saturated heterocycles. The highest BCUT2D eigenvalue weighted by molar-refractivity contribution is 7.86. The lowest BCUT2D eigenvalue weighted by atomic mass is 10.2. The summed E-state index contributed by atoms with van der Waals surface area (Å²) in [7, 11) is -11.9. The average molecular weight is 340 g/mol. The van der Waals surface area contributed by atoms with Crippen molar-refractivity contribution in [1.82, 2.24) is 0 Å². The third kappa shape index (κ3) is 6.60. The van der Waals surface area contributed by atoms with Gasteiger partial charge in [-0.1, -0.05) is 0 Å². The summed E-state index contributed by atoms with van der Waals surface area (Å²) in [5.41, 5.74) is 0. The molecule has 0 amide bonds. The molecule has 1 aliphatic heterocycles. The molecule has 114 valence electrons. The average Bonchev–Trinajstić information content (AvgIpc) is 2.45. The van der Waals surface area contributed by atoms with Crippen LogP contribution in [-0.4, -0.2) is 63.2 Å². The highest BCUT2D eigenvalue weighted by Gasteiger charge is 2.41. The molecule has 10 nitrogen and oxygen atoms in total. The molecule has 13 heteroatoms. The van der Waals surface area contributed by atoms with Crippen LogP contribution in [0.25, 0.3) is 0 Å². The van der Waals surface area contributed by atoms with Crippen molar-refractivity contribution in [2.24, 2.45) is 0 Å². The van der Waals surface area contributed by atoms with Gasteiger partial charge in [0.15, 0.2) is 0 Å². The van der Waals surface area contributed by atoms with E-state index in [-0.39, 0.29) is 0 Å². The molecular weight excluding hydrogens is 328 g/mol. The van der Waals surface area contributed by atoms with Gasteiger partial charge in [0.05, 0.1) is 25.7 Å². The Bertz CT molecular complexity index is 564. The second-order valence-corrected chi connectivity index (χ2v) is 8.14. The van der Waals surface area contributed by atoms with Crippen LogP contribution in [0.1, 0.15) is 0 Å². The summed E-state index contributed by atoms with van der Waals surface area (Å²) in [6, 6.07) is 0. The molecule has 1 rings (SSSR count). The quantitative estimate of drug-likeness (QED) is 0.497. The molecule has 1 aliphatic rings. The van der Waals surface area contributed by atoms with Crippen molar-refractivity contribution in [3.8, 4) is 0 Å². The van der Waals surface area contributed by atoms with Gasteiger partial charge in [0.25, 0.3) is 20.2 Å². The van der Waals surface area contributed by atoms with Crippen LogP contribution in [0.4, 0.5) is 0 Å². The predicted octanol–water partition coefficient (Wildman–Crippen LogP) is -2.03. The first kappa shape index (κ1) is 16.7. The highest BCUT2D eigenvalue weighted by Crippen LogP contribution is 2.22. The number of rotatable bonds is 6. The van der Waals surface area contributed by atoms with Crippen LogP contribution in [0.3, 0.4) is 0 Å². The van der Waals surface area contributed by atoms with Crippen molar-refractivity contribution in [3.05, 3.63) is 0 Å². The van der Waals surface area contributed by atoms with Crippen molar-refractivity contribution < 1.29 is 42.0 Å². The van der Waals surface area contributed by atoms with Crippen LogP contribution < -0.4 is 0 Å². The zero-order valence-corrected chi connectivity index (χ0v) is 12.3. The summed E-state index contributed by atoms with van der Waals surface area (Å²) in [5, 5.41) is 0. The zero-order chi connectivity index (χ0) is 14.9. The van der Waals surface area contributed by atoms with Crippen LogP contribution in [0.15, 0.2) is 0 Å². The summed E-state index contributed by atoms with van der Waals surface area (Å²) in [6.45, 7) is -1.29. The Balaban J connectivity index is 2.70. The molecular formula is C6H12O10S3. The van der Waals surface area contributed by atoms with Gasteiger partial charge in [0.1, 0.15) is 12.2 Å². The van der Waals surface area contributed by atoms with Gasteiger partial charge in [-0.15, -0.1) is 0 Å². The Morgan fingerprint density at radius 3 is 1.47 bits per heavy atom. The Kier molecular flexibility index (Phi) is 4.93.